The van der Waals surface area contributed by atoms with Crippen molar-refractivity contribution >= 4 is 56.5 Å². The highest BCUT2D eigenvalue weighted by Crippen LogP contribution is 2.32. The van der Waals surface area contributed by atoms with E-state index < -0.39 is 0 Å². The highest BCUT2D eigenvalue weighted by Gasteiger charge is 2.19. The predicted octanol–water partition coefficient (Wildman–Crippen LogP) is 5.99. The number of halogens is 2. The van der Waals surface area contributed by atoms with Crippen LogP contribution in [0, 0.1) is 6.92 Å². The first kappa shape index (κ1) is 20.2. The Hall–Kier alpha value is -3.39. The minimum Gasteiger partial charge on any atom is -0.457 e. The Morgan fingerprint density at radius 1 is 1.03 bits per heavy atom. The molecule has 0 spiro atoms. The molecular weight excluding hydrogens is 481 g/mol. The number of para-hydroxylation sites is 1. The molecule has 0 unspecified atom stereocenters. The van der Waals surface area contributed by atoms with Crippen molar-refractivity contribution in [2.75, 3.05) is 0 Å². The van der Waals surface area contributed by atoms with Crippen LogP contribution in [0.2, 0.25) is 10.0 Å². The molecule has 0 aliphatic carbocycles. The molecule has 0 saturated heterocycles. The Kier molecular flexibility index (Phi) is 4.65. The number of thiazole rings is 1. The van der Waals surface area contributed by atoms with E-state index >= 15 is 0 Å². The van der Waals surface area contributed by atoms with Gasteiger partial charge in [-0.15, -0.1) is 5.10 Å². The molecule has 0 amide bonds. The molecule has 2 aromatic carbocycles. The van der Waals surface area contributed by atoms with Crippen LogP contribution in [-0.2, 0) is 0 Å². The SMILES string of the molecule is Cc1c(-c2nc3sc(=Cc4ccc(-c5ccc(Cl)c(Cl)c5)o4)c(=O)n3n2)oc2ccccc12. The van der Waals surface area contributed by atoms with E-state index in [0.717, 1.165) is 22.1 Å². The van der Waals surface area contributed by atoms with Crippen molar-refractivity contribution in [1.29, 1.82) is 0 Å². The molecule has 0 saturated carbocycles. The summed E-state index contributed by atoms with van der Waals surface area (Å²) >= 11 is 13.3. The summed E-state index contributed by atoms with van der Waals surface area (Å²) in [5, 5.41) is 6.32. The third-order valence-electron chi connectivity index (χ3n) is 5.33. The topological polar surface area (TPSA) is 73.5 Å². The van der Waals surface area contributed by atoms with E-state index in [1.165, 1.54) is 15.9 Å². The maximum absolute atomic E-state index is 12.9. The Morgan fingerprint density at radius 3 is 2.67 bits per heavy atom. The molecule has 6 aromatic rings. The van der Waals surface area contributed by atoms with E-state index in [9.17, 15) is 4.79 Å². The fraction of sp³-hybridized carbons (Fsp3) is 0.0417. The van der Waals surface area contributed by atoms with Gasteiger partial charge < -0.3 is 8.83 Å². The number of nitrogens with zero attached hydrogens (tertiary/aromatic N) is 3. The van der Waals surface area contributed by atoms with Crippen molar-refractivity contribution in [3.05, 3.63) is 90.9 Å². The quantitative estimate of drug-likeness (QED) is 0.302. The number of aryl methyl sites for hydroxylation is 1. The van der Waals surface area contributed by atoms with E-state index in [4.69, 9.17) is 32.0 Å². The monoisotopic (exact) mass is 493 g/mol. The molecule has 0 aliphatic rings. The molecule has 4 aromatic heterocycles. The maximum Gasteiger partial charge on any atom is 0.291 e. The van der Waals surface area contributed by atoms with E-state index in [0.29, 0.717) is 42.6 Å². The van der Waals surface area contributed by atoms with Gasteiger partial charge >= 0.3 is 0 Å². The molecule has 162 valence electrons. The average Bonchev–Trinajstić information content (AvgIpc) is 3.57. The lowest BCUT2D eigenvalue weighted by atomic mass is 10.1. The van der Waals surface area contributed by atoms with Gasteiger partial charge in [-0.3, -0.25) is 4.79 Å². The van der Waals surface area contributed by atoms with Crippen LogP contribution in [0.1, 0.15) is 11.3 Å². The van der Waals surface area contributed by atoms with Crippen LogP contribution in [0.4, 0.5) is 0 Å². The molecule has 0 N–H and O–H groups in total. The Balaban J connectivity index is 1.38. The van der Waals surface area contributed by atoms with Crippen LogP contribution in [0.25, 0.3) is 44.9 Å². The van der Waals surface area contributed by atoms with Gasteiger partial charge in [0, 0.05) is 22.6 Å². The standard InChI is InChI=1S/C24H13Cl2N3O3S/c1-12-15-4-2-3-5-19(15)32-21(12)22-27-24-29(28-22)23(30)20(33-24)11-14-7-9-18(31-14)13-6-8-16(25)17(26)10-13/h2-11H,1H3. The highest BCUT2D eigenvalue weighted by atomic mass is 35.5. The molecule has 9 heteroatoms. The minimum atomic E-state index is -0.269. The van der Waals surface area contributed by atoms with Gasteiger partial charge in [-0.1, -0.05) is 52.7 Å². The predicted molar refractivity (Wildman–Crippen MR) is 130 cm³/mol. The Morgan fingerprint density at radius 2 is 1.88 bits per heavy atom. The highest BCUT2D eigenvalue weighted by molar-refractivity contribution is 7.15. The molecule has 0 aliphatic heterocycles. The minimum absolute atomic E-state index is 0.269. The van der Waals surface area contributed by atoms with Gasteiger partial charge in [0.15, 0.2) is 5.76 Å². The Labute approximate surface area is 200 Å². The first-order valence-electron chi connectivity index (χ1n) is 9.93. The zero-order valence-electron chi connectivity index (χ0n) is 17.0. The van der Waals surface area contributed by atoms with Crippen LogP contribution in [-0.4, -0.2) is 14.6 Å². The second kappa shape index (κ2) is 7.59. The smallest absolute Gasteiger partial charge is 0.291 e. The summed E-state index contributed by atoms with van der Waals surface area (Å²) < 4.78 is 13.6. The first-order chi connectivity index (χ1) is 16.0. The molecule has 0 radical (unpaired) electrons. The summed E-state index contributed by atoms with van der Waals surface area (Å²) in [6.45, 7) is 1.95. The van der Waals surface area contributed by atoms with Crippen molar-refractivity contribution in [2.24, 2.45) is 0 Å². The number of aromatic nitrogens is 3. The number of hydrogen-bond acceptors (Lipinski definition) is 6. The lowest BCUT2D eigenvalue weighted by Crippen LogP contribution is -2.23. The fourth-order valence-corrected chi connectivity index (χ4v) is 4.87. The number of benzene rings is 2. The van der Waals surface area contributed by atoms with Crippen molar-refractivity contribution in [1.82, 2.24) is 14.6 Å². The zero-order chi connectivity index (χ0) is 22.7. The number of furan rings is 2. The normalized spacial score (nSPS) is 12.4. The van der Waals surface area contributed by atoms with Crippen LogP contribution < -0.4 is 10.1 Å². The lowest BCUT2D eigenvalue weighted by Gasteiger charge is -1.99. The second-order valence-corrected chi connectivity index (χ2v) is 9.25. The number of hydrogen-bond donors (Lipinski definition) is 0. The molecule has 0 bridgehead atoms. The summed E-state index contributed by atoms with van der Waals surface area (Å²) in [5.41, 5.74) is 2.22. The second-order valence-electron chi connectivity index (χ2n) is 7.43. The van der Waals surface area contributed by atoms with Crippen LogP contribution in [0.5, 0.6) is 0 Å². The van der Waals surface area contributed by atoms with Gasteiger partial charge in [-0.2, -0.15) is 9.50 Å². The average molecular weight is 494 g/mol. The van der Waals surface area contributed by atoms with E-state index in [2.05, 4.69) is 10.1 Å². The summed E-state index contributed by atoms with van der Waals surface area (Å²) in [6.07, 6.45) is 1.68. The summed E-state index contributed by atoms with van der Waals surface area (Å²) in [5.74, 6) is 2.10. The molecule has 6 rings (SSSR count). The fourth-order valence-electron chi connectivity index (χ4n) is 3.68. The van der Waals surface area contributed by atoms with Gasteiger partial charge in [0.2, 0.25) is 10.8 Å². The van der Waals surface area contributed by atoms with E-state index in [-0.39, 0.29) is 5.56 Å². The van der Waals surface area contributed by atoms with Crippen molar-refractivity contribution in [3.63, 3.8) is 0 Å². The molecule has 4 heterocycles. The molecule has 0 fully saturated rings. The maximum atomic E-state index is 12.9. The van der Waals surface area contributed by atoms with Gasteiger partial charge in [0.25, 0.3) is 5.56 Å². The largest absolute Gasteiger partial charge is 0.457 e. The van der Waals surface area contributed by atoms with Gasteiger partial charge in [-0.05, 0) is 43.3 Å². The van der Waals surface area contributed by atoms with Gasteiger partial charge in [-0.25, -0.2) is 0 Å². The summed E-state index contributed by atoms with van der Waals surface area (Å²) in [6, 6.07) is 16.6. The van der Waals surface area contributed by atoms with Gasteiger partial charge in [0.1, 0.15) is 21.6 Å². The summed E-state index contributed by atoms with van der Waals surface area (Å²) in [7, 11) is 0. The van der Waals surface area contributed by atoms with Crippen molar-refractivity contribution in [3.8, 4) is 22.9 Å². The summed E-state index contributed by atoms with van der Waals surface area (Å²) in [4.78, 5) is 17.9. The third-order valence-corrected chi connectivity index (χ3v) is 7.03. The molecule has 0 atom stereocenters. The number of fused-ring (bicyclic) bond motifs is 2. The molecule has 6 nitrogen and oxygen atoms in total. The van der Waals surface area contributed by atoms with Gasteiger partial charge in [0.05, 0.1) is 10.0 Å². The lowest BCUT2D eigenvalue weighted by molar-refractivity contribution is 0.571. The molecule has 33 heavy (non-hydrogen) atoms. The number of rotatable bonds is 3. The molecular formula is C24H13Cl2N3O3S. The van der Waals surface area contributed by atoms with Crippen molar-refractivity contribution < 1.29 is 8.83 Å². The van der Waals surface area contributed by atoms with Crippen LogP contribution in [0.15, 0.2) is 68.2 Å². The third kappa shape index (κ3) is 3.36. The van der Waals surface area contributed by atoms with Crippen LogP contribution in [0.3, 0.4) is 0 Å². The van der Waals surface area contributed by atoms with Crippen molar-refractivity contribution in [2.45, 2.75) is 6.92 Å². The van der Waals surface area contributed by atoms with Crippen LogP contribution >= 0.6 is 34.5 Å². The first-order valence-corrected chi connectivity index (χ1v) is 11.5. The van der Waals surface area contributed by atoms with E-state index in [1.807, 2.05) is 43.3 Å². The van der Waals surface area contributed by atoms with E-state index in [1.54, 1.807) is 24.3 Å². The Bertz CT molecular complexity index is 1790. The zero-order valence-corrected chi connectivity index (χ0v) is 19.3.